The lowest BCUT2D eigenvalue weighted by atomic mass is 10.4. The number of aromatic hydroxyl groups is 1. The smallest absolute Gasteiger partial charge is 0.331 e. The zero-order valence-corrected chi connectivity index (χ0v) is 9.04. The first-order valence-electron chi connectivity index (χ1n) is 5.16. The fourth-order valence-corrected chi connectivity index (χ4v) is 1.55. The number of aromatic amines is 1. The van der Waals surface area contributed by atoms with Crippen molar-refractivity contribution < 1.29 is 5.11 Å². The van der Waals surface area contributed by atoms with E-state index in [0.717, 1.165) is 10.6 Å². The molecule has 0 atom stereocenters. The third-order valence-corrected chi connectivity index (χ3v) is 2.37. The lowest BCUT2D eigenvalue weighted by Crippen LogP contribution is -2.29. The van der Waals surface area contributed by atoms with Gasteiger partial charge in [-0.15, -0.1) is 0 Å². The van der Waals surface area contributed by atoms with Gasteiger partial charge in [-0.25, -0.2) is 9.78 Å². The van der Waals surface area contributed by atoms with Crippen molar-refractivity contribution in [1.29, 1.82) is 0 Å². The predicted octanol–water partition coefficient (Wildman–Crippen LogP) is -0.471. The minimum atomic E-state index is -0.599. The van der Waals surface area contributed by atoms with Gasteiger partial charge in [0.2, 0.25) is 5.88 Å². The molecule has 2 heterocycles. The Kier molecular flexibility index (Phi) is 3.08. The first-order valence-corrected chi connectivity index (χ1v) is 5.16. The highest BCUT2D eigenvalue weighted by Gasteiger charge is 2.03. The van der Waals surface area contributed by atoms with Crippen molar-refractivity contribution in [2.75, 3.05) is 0 Å². The SMILES string of the molecule is O=c1cc(O)n(CCCn2ccnc2)c(=O)[nH]1. The summed E-state index contributed by atoms with van der Waals surface area (Å²) < 4.78 is 2.99. The van der Waals surface area contributed by atoms with Crippen molar-refractivity contribution in [1.82, 2.24) is 19.1 Å². The largest absolute Gasteiger partial charge is 0.494 e. The maximum Gasteiger partial charge on any atom is 0.331 e. The number of hydrogen-bond donors (Lipinski definition) is 2. The number of aryl methyl sites for hydroxylation is 1. The molecule has 0 saturated carbocycles. The van der Waals surface area contributed by atoms with Crippen molar-refractivity contribution in [3.05, 3.63) is 45.6 Å². The number of nitrogens with one attached hydrogen (secondary N) is 1. The molecule has 0 fully saturated rings. The number of nitrogens with zero attached hydrogens (tertiary/aromatic N) is 3. The summed E-state index contributed by atoms with van der Waals surface area (Å²) in [6.07, 6.45) is 5.81. The van der Waals surface area contributed by atoms with Gasteiger partial charge in [0.15, 0.2) is 0 Å². The van der Waals surface area contributed by atoms with E-state index in [0.29, 0.717) is 19.5 Å². The highest BCUT2D eigenvalue weighted by Crippen LogP contribution is 2.02. The van der Waals surface area contributed by atoms with Gasteiger partial charge in [-0.3, -0.25) is 14.3 Å². The molecular weight excluding hydrogens is 224 g/mol. The van der Waals surface area contributed by atoms with Crippen molar-refractivity contribution in [2.24, 2.45) is 0 Å². The monoisotopic (exact) mass is 236 g/mol. The zero-order chi connectivity index (χ0) is 12.3. The molecule has 0 aliphatic carbocycles. The molecule has 0 aliphatic heterocycles. The summed E-state index contributed by atoms with van der Waals surface area (Å²) >= 11 is 0. The van der Waals surface area contributed by atoms with Crippen molar-refractivity contribution in [3.8, 4) is 5.88 Å². The maximum absolute atomic E-state index is 11.4. The number of hydrogen-bond acceptors (Lipinski definition) is 4. The van der Waals surface area contributed by atoms with Gasteiger partial charge in [0.1, 0.15) is 0 Å². The first kappa shape index (κ1) is 11.2. The van der Waals surface area contributed by atoms with Gasteiger partial charge in [-0.05, 0) is 6.42 Å². The van der Waals surface area contributed by atoms with E-state index in [-0.39, 0.29) is 5.88 Å². The molecule has 90 valence electrons. The predicted molar refractivity (Wildman–Crippen MR) is 59.8 cm³/mol. The maximum atomic E-state index is 11.4. The number of H-pyrrole nitrogens is 1. The van der Waals surface area contributed by atoms with Crippen LogP contribution in [-0.4, -0.2) is 24.2 Å². The van der Waals surface area contributed by atoms with Crippen LogP contribution >= 0.6 is 0 Å². The molecule has 2 aromatic rings. The van der Waals surface area contributed by atoms with Gasteiger partial charge < -0.3 is 9.67 Å². The minimum absolute atomic E-state index is 0.315. The molecule has 0 spiro atoms. The molecule has 2 N–H and O–H groups in total. The van der Waals surface area contributed by atoms with Gasteiger partial charge in [0.25, 0.3) is 5.56 Å². The van der Waals surface area contributed by atoms with Crippen LogP contribution in [0.4, 0.5) is 0 Å². The van der Waals surface area contributed by atoms with E-state index in [4.69, 9.17) is 0 Å². The van der Waals surface area contributed by atoms with Gasteiger partial charge in [-0.2, -0.15) is 0 Å². The topological polar surface area (TPSA) is 92.9 Å². The molecule has 0 amide bonds. The molecule has 0 saturated heterocycles. The molecule has 0 aromatic carbocycles. The van der Waals surface area contributed by atoms with Crippen molar-refractivity contribution >= 4 is 0 Å². The Labute approximate surface area is 96.0 Å². The van der Waals surface area contributed by atoms with Gasteiger partial charge in [-0.1, -0.05) is 0 Å². The second kappa shape index (κ2) is 4.69. The Hall–Kier alpha value is -2.31. The van der Waals surface area contributed by atoms with Crippen LogP contribution in [0.25, 0.3) is 0 Å². The summed E-state index contributed by atoms with van der Waals surface area (Å²) in [5, 5.41) is 9.45. The van der Waals surface area contributed by atoms with Crippen LogP contribution < -0.4 is 11.2 Å². The van der Waals surface area contributed by atoms with E-state index in [1.54, 1.807) is 12.5 Å². The molecule has 2 rings (SSSR count). The second-order valence-corrected chi connectivity index (χ2v) is 3.60. The fourth-order valence-electron chi connectivity index (χ4n) is 1.55. The third-order valence-electron chi connectivity index (χ3n) is 2.37. The van der Waals surface area contributed by atoms with Crippen LogP contribution in [-0.2, 0) is 13.1 Å². The number of aromatic nitrogens is 4. The van der Waals surface area contributed by atoms with Crippen LogP contribution in [0, 0.1) is 0 Å². The van der Waals surface area contributed by atoms with E-state index in [1.165, 1.54) is 0 Å². The van der Waals surface area contributed by atoms with E-state index in [1.807, 2.05) is 10.8 Å². The quantitative estimate of drug-likeness (QED) is 0.750. The van der Waals surface area contributed by atoms with E-state index in [9.17, 15) is 14.7 Å². The molecule has 17 heavy (non-hydrogen) atoms. The van der Waals surface area contributed by atoms with Gasteiger partial charge in [0, 0.05) is 25.5 Å². The highest BCUT2D eigenvalue weighted by atomic mass is 16.3. The summed E-state index contributed by atoms with van der Waals surface area (Å²) in [5.74, 6) is -0.315. The summed E-state index contributed by atoms with van der Waals surface area (Å²) in [4.78, 5) is 28.3. The normalized spacial score (nSPS) is 10.6. The lowest BCUT2D eigenvalue weighted by Gasteiger charge is -2.07. The van der Waals surface area contributed by atoms with Crippen LogP contribution in [0.5, 0.6) is 5.88 Å². The molecule has 0 aliphatic rings. The molecule has 0 unspecified atom stereocenters. The van der Waals surface area contributed by atoms with Gasteiger partial charge >= 0.3 is 5.69 Å². The molecule has 7 nitrogen and oxygen atoms in total. The van der Waals surface area contributed by atoms with Gasteiger partial charge in [0.05, 0.1) is 12.4 Å². The zero-order valence-electron chi connectivity index (χ0n) is 9.04. The Morgan fingerprint density at radius 2 is 2.18 bits per heavy atom. The van der Waals surface area contributed by atoms with Crippen molar-refractivity contribution in [3.63, 3.8) is 0 Å². The summed E-state index contributed by atoms with van der Waals surface area (Å²) in [6, 6.07) is 0.985. The fraction of sp³-hybridized carbons (Fsp3) is 0.300. The molecular formula is C10H12N4O3. The van der Waals surface area contributed by atoms with Crippen LogP contribution in [0.15, 0.2) is 34.4 Å². The number of imidazole rings is 1. The van der Waals surface area contributed by atoms with Crippen LogP contribution in [0.1, 0.15) is 6.42 Å². The molecule has 7 heteroatoms. The third kappa shape index (κ3) is 2.63. The Bertz CT molecular complexity index is 597. The average molecular weight is 236 g/mol. The Balaban J connectivity index is 2.04. The lowest BCUT2D eigenvalue weighted by molar-refractivity contribution is 0.391. The summed E-state index contributed by atoms with van der Waals surface area (Å²) in [6.45, 7) is 1.02. The summed E-state index contributed by atoms with van der Waals surface area (Å²) in [7, 11) is 0. The van der Waals surface area contributed by atoms with Crippen LogP contribution in [0.3, 0.4) is 0 Å². The minimum Gasteiger partial charge on any atom is -0.494 e. The second-order valence-electron chi connectivity index (χ2n) is 3.60. The van der Waals surface area contributed by atoms with E-state index >= 15 is 0 Å². The standard InChI is InChI=1S/C10H12N4O3/c15-8-6-9(16)14(10(17)12-8)4-1-3-13-5-2-11-7-13/h2,5-7,16H,1,3-4H2,(H,12,15,17). The van der Waals surface area contributed by atoms with E-state index in [2.05, 4.69) is 9.97 Å². The summed E-state index contributed by atoms with van der Waals surface area (Å²) in [5.41, 5.74) is -1.20. The van der Waals surface area contributed by atoms with Crippen molar-refractivity contribution in [2.45, 2.75) is 19.5 Å². The molecule has 0 bridgehead atoms. The highest BCUT2D eigenvalue weighted by molar-refractivity contribution is 5.05. The first-order chi connectivity index (χ1) is 8.16. The number of rotatable bonds is 4. The Morgan fingerprint density at radius 1 is 1.35 bits per heavy atom. The van der Waals surface area contributed by atoms with Crippen LogP contribution in [0.2, 0.25) is 0 Å². The van der Waals surface area contributed by atoms with E-state index < -0.39 is 11.2 Å². The molecule has 2 aromatic heterocycles. The Morgan fingerprint density at radius 3 is 2.82 bits per heavy atom. The average Bonchev–Trinajstić information content (AvgIpc) is 2.74. The molecule has 0 radical (unpaired) electrons.